The van der Waals surface area contributed by atoms with Crippen molar-refractivity contribution in [1.82, 2.24) is 10.3 Å². The average Bonchev–Trinajstić information content (AvgIpc) is 2.26. The first-order valence-corrected chi connectivity index (χ1v) is 6.23. The number of carbonyl (C=O) groups excluding carboxylic acids is 1. The molecular weight excluding hydrogens is 226 g/mol. The number of pyridine rings is 1. The van der Waals surface area contributed by atoms with E-state index in [2.05, 4.69) is 10.3 Å². The minimum atomic E-state index is -0.137. The highest BCUT2D eigenvalue weighted by Gasteiger charge is 2.22. The first kappa shape index (κ1) is 14.6. The van der Waals surface area contributed by atoms with Crippen LogP contribution in [0.1, 0.15) is 38.4 Å². The zero-order valence-corrected chi connectivity index (χ0v) is 11.7. The number of rotatable bonds is 4. The van der Waals surface area contributed by atoms with Crippen molar-refractivity contribution in [3.05, 3.63) is 29.6 Å². The zero-order valence-electron chi connectivity index (χ0n) is 11.7. The van der Waals surface area contributed by atoms with Crippen molar-refractivity contribution in [2.75, 3.05) is 0 Å². The maximum Gasteiger partial charge on any atom is 0.221 e. The fraction of sp³-hybridized carbons (Fsp3) is 0.571. The molecule has 0 saturated heterocycles. The number of hydrogen-bond donors (Lipinski definition) is 2. The van der Waals surface area contributed by atoms with Crippen molar-refractivity contribution >= 4 is 5.91 Å². The van der Waals surface area contributed by atoms with E-state index in [-0.39, 0.29) is 17.4 Å². The quantitative estimate of drug-likeness (QED) is 0.854. The lowest BCUT2D eigenvalue weighted by atomic mass is 9.85. The average molecular weight is 249 g/mol. The molecule has 0 fully saturated rings. The number of nitrogens with one attached hydrogen (secondary N) is 1. The smallest absolute Gasteiger partial charge is 0.221 e. The Kier molecular flexibility index (Phi) is 4.84. The van der Waals surface area contributed by atoms with Gasteiger partial charge >= 0.3 is 0 Å². The normalized spacial score (nSPS) is 13.2. The molecule has 4 heteroatoms. The maximum absolute atomic E-state index is 11.8. The predicted octanol–water partition coefficient (Wildman–Crippen LogP) is 1.77. The molecule has 0 saturated carbocycles. The second-order valence-electron chi connectivity index (χ2n) is 5.72. The van der Waals surface area contributed by atoms with Crippen molar-refractivity contribution in [3.63, 3.8) is 0 Å². The van der Waals surface area contributed by atoms with Crippen molar-refractivity contribution in [3.8, 4) is 0 Å². The van der Waals surface area contributed by atoms with E-state index in [1.54, 1.807) is 6.20 Å². The predicted molar refractivity (Wildman–Crippen MR) is 72.9 cm³/mol. The van der Waals surface area contributed by atoms with E-state index in [0.29, 0.717) is 13.0 Å². The first-order chi connectivity index (χ1) is 8.30. The summed E-state index contributed by atoms with van der Waals surface area (Å²) in [6, 6.07) is 3.73. The van der Waals surface area contributed by atoms with Gasteiger partial charge in [-0.05, 0) is 24.0 Å². The highest BCUT2D eigenvalue weighted by molar-refractivity contribution is 5.76. The van der Waals surface area contributed by atoms with Gasteiger partial charge in [-0.2, -0.15) is 0 Å². The Morgan fingerprint density at radius 2 is 2.17 bits per heavy atom. The third-order valence-electron chi connectivity index (χ3n) is 3.09. The largest absolute Gasteiger partial charge is 0.350 e. The van der Waals surface area contributed by atoms with Crippen LogP contribution in [-0.2, 0) is 11.3 Å². The number of nitrogens with two attached hydrogens (primary N) is 1. The summed E-state index contributed by atoms with van der Waals surface area (Å²) < 4.78 is 0. The summed E-state index contributed by atoms with van der Waals surface area (Å²) in [5.41, 5.74) is 7.90. The van der Waals surface area contributed by atoms with Gasteiger partial charge in [0.15, 0.2) is 0 Å². The lowest BCUT2D eigenvalue weighted by Crippen LogP contribution is -2.40. The van der Waals surface area contributed by atoms with E-state index in [1.165, 1.54) is 0 Å². The maximum atomic E-state index is 11.8. The number of carbonyl (C=O) groups is 1. The molecule has 1 atom stereocenters. The molecule has 0 aliphatic heterocycles. The van der Waals surface area contributed by atoms with Gasteiger partial charge in [-0.15, -0.1) is 0 Å². The van der Waals surface area contributed by atoms with Crippen LogP contribution in [0.3, 0.4) is 0 Å². The Morgan fingerprint density at radius 3 is 2.72 bits per heavy atom. The molecule has 1 rings (SSSR count). The summed E-state index contributed by atoms with van der Waals surface area (Å²) in [4.78, 5) is 16.0. The lowest BCUT2D eigenvalue weighted by Gasteiger charge is -2.26. The Morgan fingerprint density at radius 1 is 1.50 bits per heavy atom. The molecule has 0 aromatic carbocycles. The molecule has 1 aromatic rings. The summed E-state index contributed by atoms with van der Waals surface area (Å²) in [6.45, 7) is 8.55. The molecule has 3 N–H and O–H groups in total. The van der Waals surface area contributed by atoms with Gasteiger partial charge in [-0.3, -0.25) is 9.78 Å². The van der Waals surface area contributed by atoms with E-state index < -0.39 is 0 Å². The molecule has 0 aliphatic rings. The van der Waals surface area contributed by atoms with Gasteiger partial charge in [-0.25, -0.2) is 0 Å². The number of amides is 1. The molecular formula is C14H23N3O. The summed E-state index contributed by atoms with van der Waals surface area (Å²) in [6.07, 6.45) is 2.07. The fourth-order valence-electron chi connectivity index (χ4n) is 1.46. The summed E-state index contributed by atoms with van der Waals surface area (Å²) in [5.74, 6) is -0.0255. The van der Waals surface area contributed by atoms with Crippen LogP contribution in [0.25, 0.3) is 0 Å². The molecule has 100 valence electrons. The van der Waals surface area contributed by atoms with Crippen LogP contribution >= 0.6 is 0 Å². The highest BCUT2D eigenvalue weighted by Crippen LogP contribution is 2.19. The highest BCUT2D eigenvalue weighted by atomic mass is 16.1. The Balaban J connectivity index is 2.45. The van der Waals surface area contributed by atoms with Gasteiger partial charge in [-0.1, -0.05) is 26.8 Å². The molecule has 0 spiro atoms. The summed E-state index contributed by atoms with van der Waals surface area (Å²) in [7, 11) is 0. The van der Waals surface area contributed by atoms with E-state index in [0.717, 1.165) is 11.3 Å². The Labute approximate surface area is 109 Å². The van der Waals surface area contributed by atoms with Crippen LogP contribution < -0.4 is 11.1 Å². The molecule has 0 bridgehead atoms. The summed E-state index contributed by atoms with van der Waals surface area (Å²) in [5, 5.41) is 2.86. The number of nitrogens with zero attached hydrogens (tertiary/aromatic N) is 1. The van der Waals surface area contributed by atoms with Gasteiger partial charge < -0.3 is 11.1 Å². The fourth-order valence-corrected chi connectivity index (χ4v) is 1.46. The SMILES string of the molecule is Cc1cccnc1CNC(=O)CC(N)C(C)(C)C. The van der Waals surface area contributed by atoms with Crippen LogP contribution in [0, 0.1) is 12.3 Å². The molecule has 4 nitrogen and oxygen atoms in total. The van der Waals surface area contributed by atoms with Gasteiger partial charge in [0, 0.05) is 18.7 Å². The van der Waals surface area contributed by atoms with Crippen LogP contribution in [0.2, 0.25) is 0 Å². The minimum absolute atomic E-state index is 0.0255. The van der Waals surface area contributed by atoms with E-state index >= 15 is 0 Å². The zero-order chi connectivity index (χ0) is 13.8. The van der Waals surface area contributed by atoms with E-state index in [9.17, 15) is 4.79 Å². The van der Waals surface area contributed by atoms with Crippen LogP contribution in [-0.4, -0.2) is 16.9 Å². The molecule has 18 heavy (non-hydrogen) atoms. The van der Waals surface area contributed by atoms with Gasteiger partial charge in [0.25, 0.3) is 0 Å². The third kappa shape index (κ3) is 4.45. The third-order valence-corrected chi connectivity index (χ3v) is 3.09. The van der Waals surface area contributed by atoms with Crippen molar-refractivity contribution in [2.24, 2.45) is 11.1 Å². The molecule has 1 amide bonds. The standard InChI is InChI=1S/C14H23N3O/c1-10-6-5-7-16-11(10)9-17-13(18)8-12(15)14(2,3)4/h5-7,12H,8-9,15H2,1-4H3,(H,17,18). The molecule has 0 radical (unpaired) electrons. The molecule has 1 unspecified atom stereocenters. The second kappa shape index (κ2) is 5.96. The van der Waals surface area contributed by atoms with Crippen molar-refractivity contribution in [1.29, 1.82) is 0 Å². The second-order valence-corrected chi connectivity index (χ2v) is 5.72. The lowest BCUT2D eigenvalue weighted by molar-refractivity contribution is -0.122. The topological polar surface area (TPSA) is 68.0 Å². The van der Waals surface area contributed by atoms with Gasteiger partial charge in [0.2, 0.25) is 5.91 Å². The molecule has 1 heterocycles. The first-order valence-electron chi connectivity index (χ1n) is 6.23. The van der Waals surface area contributed by atoms with Crippen molar-refractivity contribution < 1.29 is 4.79 Å². The summed E-state index contributed by atoms with van der Waals surface area (Å²) >= 11 is 0. The molecule has 1 aromatic heterocycles. The van der Waals surface area contributed by atoms with Crippen molar-refractivity contribution in [2.45, 2.75) is 46.7 Å². The minimum Gasteiger partial charge on any atom is -0.350 e. The van der Waals surface area contributed by atoms with Crippen LogP contribution in [0.5, 0.6) is 0 Å². The van der Waals surface area contributed by atoms with E-state index in [1.807, 2.05) is 39.8 Å². The Bertz CT molecular complexity index is 410. The van der Waals surface area contributed by atoms with Crippen LogP contribution in [0.15, 0.2) is 18.3 Å². The van der Waals surface area contributed by atoms with E-state index in [4.69, 9.17) is 5.73 Å². The number of hydrogen-bond acceptors (Lipinski definition) is 3. The number of aryl methyl sites for hydroxylation is 1. The monoisotopic (exact) mass is 249 g/mol. The Hall–Kier alpha value is -1.42. The van der Waals surface area contributed by atoms with Crippen LogP contribution in [0.4, 0.5) is 0 Å². The molecule has 0 aliphatic carbocycles. The van der Waals surface area contributed by atoms with Gasteiger partial charge in [0.1, 0.15) is 0 Å². The number of aromatic nitrogens is 1. The van der Waals surface area contributed by atoms with Gasteiger partial charge in [0.05, 0.1) is 12.2 Å².